The summed E-state index contributed by atoms with van der Waals surface area (Å²) in [5.41, 5.74) is 2.53. The molecule has 0 atom stereocenters. The summed E-state index contributed by atoms with van der Waals surface area (Å²) >= 11 is 1.50. The minimum atomic E-state index is 0.588. The van der Waals surface area contributed by atoms with E-state index >= 15 is 0 Å². The van der Waals surface area contributed by atoms with Gasteiger partial charge in [-0.05, 0) is 19.1 Å². The summed E-state index contributed by atoms with van der Waals surface area (Å²) in [5, 5.41) is 4.03. The lowest BCUT2D eigenvalue weighted by molar-refractivity contribution is 0.952. The number of nitrogens with one attached hydrogen (secondary N) is 2. The van der Waals surface area contributed by atoms with Gasteiger partial charge in [0.1, 0.15) is 11.6 Å². The van der Waals surface area contributed by atoms with Crippen molar-refractivity contribution in [1.82, 2.24) is 9.97 Å². The van der Waals surface area contributed by atoms with Gasteiger partial charge in [-0.25, -0.2) is 15.8 Å². The van der Waals surface area contributed by atoms with Crippen molar-refractivity contribution in [2.45, 2.75) is 24.0 Å². The lowest BCUT2D eigenvalue weighted by atomic mass is 10.5. The fourth-order valence-corrected chi connectivity index (χ4v) is 1.48. The molecule has 1 aliphatic rings. The van der Waals surface area contributed by atoms with Gasteiger partial charge in [-0.1, -0.05) is 11.8 Å². The summed E-state index contributed by atoms with van der Waals surface area (Å²) in [4.78, 5) is 8.50. The summed E-state index contributed by atoms with van der Waals surface area (Å²) in [6.07, 6.45) is 4.39. The largest absolute Gasteiger partial charge is 0.367 e. The number of rotatable bonds is 4. The van der Waals surface area contributed by atoms with Crippen LogP contribution in [0.5, 0.6) is 0 Å². The molecule has 1 aromatic heterocycles. The molecule has 2 rings (SSSR count). The molecule has 1 aromatic rings. The van der Waals surface area contributed by atoms with Crippen molar-refractivity contribution in [2.75, 3.05) is 17.0 Å². The quantitative estimate of drug-likeness (QED) is 0.299. The van der Waals surface area contributed by atoms with E-state index in [1.54, 1.807) is 0 Å². The maximum atomic E-state index is 5.31. The Bertz CT molecular complexity index is 303. The number of anilines is 2. The van der Waals surface area contributed by atoms with Gasteiger partial charge in [-0.3, -0.25) is 0 Å². The minimum absolute atomic E-state index is 0.588. The van der Waals surface area contributed by atoms with Gasteiger partial charge in [0.05, 0.1) is 0 Å². The van der Waals surface area contributed by atoms with Crippen molar-refractivity contribution in [1.29, 1.82) is 0 Å². The van der Waals surface area contributed by atoms with Crippen LogP contribution >= 0.6 is 11.8 Å². The first-order chi connectivity index (χ1) is 6.81. The van der Waals surface area contributed by atoms with E-state index in [1.165, 1.54) is 24.6 Å². The Morgan fingerprint density at radius 2 is 2.14 bits per heavy atom. The van der Waals surface area contributed by atoms with E-state index < -0.39 is 0 Å². The average Bonchev–Trinajstić information content (AvgIpc) is 3.01. The Hall–Kier alpha value is -1.01. The Balaban J connectivity index is 2.19. The predicted octanol–water partition coefficient (Wildman–Crippen LogP) is 1.06. The maximum Gasteiger partial charge on any atom is 0.191 e. The molecule has 1 fully saturated rings. The van der Waals surface area contributed by atoms with Crippen LogP contribution in [0.4, 0.5) is 11.6 Å². The monoisotopic (exact) mass is 211 g/mol. The second-order valence-corrected chi connectivity index (χ2v) is 3.96. The highest BCUT2D eigenvalue weighted by Crippen LogP contribution is 2.25. The second-order valence-electron chi connectivity index (χ2n) is 3.19. The molecule has 0 radical (unpaired) electrons. The molecule has 0 saturated heterocycles. The highest BCUT2D eigenvalue weighted by atomic mass is 32.2. The highest BCUT2D eigenvalue weighted by Gasteiger charge is 2.21. The summed E-state index contributed by atoms with van der Waals surface area (Å²) < 4.78 is 0. The molecule has 0 unspecified atom stereocenters. The van der Waals surface area contributed by atoms with E-state index in [0.29, 0.717) is 11.9 Å². The third-order valence-corrected chi connectivity index (χ3v) is 2.51. The van der Waals surface area contributed by atoms with Crippen molar-refractivity contribution in [2.24, 2.45) is 5.84 Å². The second kappa shape index (κ2) is 4.02. The van der Waals surface area contributed by atoms with Crippen LogP contribution in [0, 0.1) is 0 Å². The van der Waals surface area contributed by atoms with Gasteiger partial charge in [0.15, 0.2) is 5.16 Å². The van der Waals surface area contributed by atoms with Crippen molar-refractivity contribution >= 4 is 23.4 Å². The third kappa shape index (κ3) is 2.27. The molecule has 5 nitrogen and oxygen atoms in total. The van der Waals surface area contributed by atoms with E-state index in [1.807, 2.05) is 12.3 Å². The van der Waals surface area contributed by atoms with Crippen LogP contribution in [-0.2, 0) is 0 Å². The standard InChI is InChI=1S/C8H13N5S/c1-14-8-11-6(10-5-2-3-5)4-7(12-8)13-9/h4-5H,2-3,9H2,1H3,(H2,10,11,12,13). The SMILES string of the molecule is CSc1nc(NN)cc(NC2CC2)n1. The number of aromatic nitrogens is 2. The van der Waals surface area contributed by atoms with Crippen molar-refractivity contribution in [3.8, 4) is 0 Å². The molecule has 14 heavy (non-hydrogen) atoms. The van der Waals surface area contributed by atoms with Crippen LogP contribution in [0.15, 0.2) is 11.2 Å². The molecule has 0 bridgehead atoms. The molecular formula is C8H13N5S. The molecule has 0 aromatic carbocycles. The summed E-state index contributed by atoms with van der Waals surface area (Å²) in [7, 11) is 0. The zero-order valence-corrected chi connectivity index (χ0v) is 8.77. The molecule has 1 heterocycles. The molecule has 0 amide bonds. The number of hydrazine groups is 1. The topological polar surface area (TPSA) is 75.9 Å². The Morgan fingerprint density at radius 3 is 2.71 bits per heavy atom. The summed E-state index contributed by atoms with van der Waals surface area (Å²) in [6.45, 7) is 0. The summed E-state index contributed by atoms with van der Waals surface area (Å²) in [5.74, 6) is 6.80. The molecule has 0 aliphatic heterocycles. The van der Waals surface area contributed by atoms with Crippen LogP contribution in [0.1, 0.15) is 12.8 Å². The Kier molecular flexibility index (Phi) is 2.74. The van der Waals surface area contributed by atoms with Gasteiger partial charge in [0.25, 0.3) is 0 Å². The van der Waals surface area contributed by atoms with Gasteiger partial charge < -0.3 is 10.7 Å². The van der Waals surface area contributed by atoms with Gasteiger partial charge >= 0.3 is 0 Å². The van der Waals surface area contributed by atoms with E-state index in [4.69, 9.17) is 5.84 Å². The zero-order chi connectivity index (χ0) is 9.97. The maximum absolute atomic E-state index is 5.31. The Morgan fingerprint density at radius 1 is 1.43 bits per heavy atom. The normalized spacial score (nSPS) is 15.3. The lowest BCUT2D eigenvalue weighted by Gasteiger charge is -2.07. The minimum Gasteiger partial charge on any atom is -0.367 e. The number of thioether (sulfide) groups is 1. The average molecular weight is 211 g/mol. The first-order valence-corrected chi connectivity index (χ1v) is 5.70. The van der Waals surface area contributed by atoms with Crippen molar-refractivity contribution < 1.29 is 0 Å². The van der Waals surface area contributed by atoms with Gasteiger partial charge in [-0.15, -0.1) is 0 Å². The molecule has 1 saturated carbocycles. The lowest BCUT2D eigenvalue weighted by Crippen LogP contribution is -2.11. The molecule has 76 valence electrons. The zero-order valence-electron chi connectivity index (χ0n) is 7.95. The highest BCUT2D eigenvalue weighted by molar-refractivity contribution is 7.98. The van der Waals surface area contributed by atoms with Crippen molar-refractivity contribution in [3.63, 3.8) is 0 Å². The van der Waals surface area contributed by atoms with E-state index in [-0.39, 0.29) is 0 Å². The first-order valence-electron chi connectivity index (χ1n) is 4.48. The molecule has 0 spiro atoms. The Labute approximate surface area is 86.9 Å². The van der Waals surface area contributed by atoms with Crippen LogP contribution in [-0.4, -0.2) is 22.3 Å². The molecule has 4 N–H and O–H groups in total. The fraction of sp³-hybridized carbons (Fsp3) is 0.500. The van der Waals surface area contributed by atoms with Crippen LogP contribution < -0.4 is 16.6 Å². The smallest absolute Gasteiger partial charge is 0.191 e. The number of hydrogen-bond donors (Lipinski definition) is 3. The van der Waals surface area contributed by atoms with Gasteiger partial charge in [0, 0.05) is 12.1 Å². The van der Waals surface area contributed by atoms with Crippen LogP contribution in [0.2, 0.25) is 0 Å². The summed E-state index contributed by atoms with van der Waals surface area (Å²) in [6, 6.07) is 2.41. The van der Waals surface area contributed by atoms with Crippen LogP contribution in [0.25, 0.3) is 0 Å². The number of hydrogen-bond acceptors (Lipinski definition) is 6. The van der Waals surface area contributed by atoms with Gasteiger partial charge in [0.2, 0.25) is 0 Å². The van der Waals surface area contributed by atoms with E-state index in [9.17, 15) is 0 Å². The third-order valence-electron chi connectivity index (χ3n) is 1.97. The first kappa shape index (κ1) is 9.54. The van der Waals surface area contributed by atoms with E-state index in [0.717, 1.165) is 11.0 Å². The molecular weight excluding hydrogens is 198 g/mol. The molecule has 6 heteroatoms. The van der Waals surface area contributed by atoms with E-state index in [2.05, 4.69) is 20.7 Å². The van der Waals surface area contributed by atoms with Crippen molar-refractivity contribution in [3.05, 3.63) is 6.07 Å². The molecule has 1 aliphatic carbocycles. The number of nitrogens with two attached hydrogens (primary N) is 1. The predicted molar refractivity (Wildman–Crippen MR) is 58.3 cm³/mol. The number of nitrogen functional groups attached to an aromatic ring is 1. The van der Waals surface area contributed by atoms with Gasteiger partial charge in [-0.2, -0.15) is 0 Å². The number of nitrogens with zero attached hydrogens (tertiary/aromatic N) is 2. The fourth-order valence-electron chi connectivity index (χ4n) is 1.10. The van der Waals surface area contributed by atoms with Crippen LogP contribution in [0.3, 0.4) is 0 Å².